The van der Waals surface area contributed by atoms with E-state index in [9.17, 15) is 13.5 Å². The lowest BCUT2D eigenvalue weighted by molar-refractivity contribution is 0.454. The molecule has 0 saturated carbocycles. The van der Waals surface area contributed by atoms with Crippen LogP contribution in [0.3, 0.4) is 0 Å². The maximum atomic E-state index is 11.6. The van der Waals surface area contributed by atoms with Crippen LogP contribution in [-0.4, -0.2) is 19.3 Å². The first kappa shape index (κ1) is 12.5. The molecule has 0 amide bonds. The van der Waals surface area contributed by atoms with Gasteiger partial charge in [0, 0.05) is 3.57 Å². The molecule has 14 heavy (non-hydrogen) atoms. The summed E-state index contributed by atoms with van der Waals surface area (Å²) < 4.78 is 24.5. The molecule has 1 rings (SSSR count). The van der Waals surface area contributed by atoms with Crippen LogP contribution < -0.4 is 0 Å². The van der Waals surface area contributed by atoms with E-state index in [-0.39, 0.29) is 16.4 Å². The molecule has 0 fully saturated rings. The number of sulfone groups is 1. The van der Waals surface area contributed by atoms with Gasteiger partial charge in [-0.25, -0.2) is 8.42 Å². The van der Waals surface area contributed by atoms with Crippen molar-refractivity contribution in [3.63, 3.8) is 0 Å². The third-order valence-corrected chi connectivity index (χ3v) is 4.89. The lowest BCUT2D eigenvalue weighted by Crippen LogP contribution is -2.05. The van der Waals surface area contributed by atoms with Gasteiger partial charge in [0.25, 0.3) is 0 Å². The highest BCUT2D eigenvalue weighted by Gasteiger charge is 2.19. The Bertz CT molecular complexity index is 454. The lowest BCUT2D eigenvalue weighted by atomic mass is 10.3. The number of halogens is 2. The minimum absolute atomic E-state index is 0.00324. The van der Waals surface area contributed by atoms with Gasteiger partial charge in [-0.15, -0.1) is 0 Å². The van der Waals surface area contributed by atoms with Crippen LogP contribution in [0.25, 0.3) is 0 Å². The molecule has 6 heteroatoms. The molecular weight excluding hydrogens is 430 g/mol. The minimum Gasteiger partial charge on any atom is -0.505 e. The number of rotatable bonds is 2. The highest BCUT2D eigenvalue weighted by Crippen LogP contribution is 2.30. The van der Waals surface area contributed by atoms with Crippen LogP contribution in [0.4, 0.5) is 0 Å². The van der Waals surface area contributed by atoms with Crippen molar-refractivity contribution < 1.29 is 13.5 Å². The van der Waals surface area contributed by atoms with E-state index in [4.69, 9.17) is 0 Å². The molecule has 0 aromatic heterocycles. The zero-order valence-corrected chi connectivity index (χ0v) is 12.4. The first-order valence-corrected chi connectivity index (χ1v) is 7.60. The van der Waals surface area contributed by atoms with Crippen LogP contribution in [0.5, 0.6) is 5.75 Å². The first-order chi connectivity index (χ1) is 6.38. The van der Waals surface area contributed by atoms with E-state index in [1.165, 1.54) is 6.07 Å². The third kappa shape index (κ3) is 2.51. The number of benzene rings is 1. The van der Waals surface area contributed by atoms with Gasteiger partial charge >= 0.3 is 0 Å². The van der Waals surface area contributed by atoms with E-state index in [1.54, 1.807) is 13.0 Å². The summed E-state index contributed by atoms with van der Waals surface area (Å²) in [5.74, 6) is -0.149. The Morgan fingerprint density at radius 3 is 2.43 bits per heavy atom. The normalized spacial score (nSPS) is 11.6. The van der Waals surface area contributed by atoms with Gasteiger partial charge in [-0.1, -0.05) is 6.92 Å². The molecule has 1 N–H and O–H groups in total. The van der Waals surface area contributed by atoms with Crippen LogP contribution in [0.2, 0.25) is 0 Å². The summed E-state index contributed by atoms with van der Waals surface area (Å²) in [7, 11) is -3.33. The van der Waals surface area contributed by atoms with E-state index in [1.807, 2.05) is 45.2 Å². The quantitative estimate of drug-likeness (QED) is 0.723. The summed E-state index contributed by atoms with van der Waals surface area (Å²) in [5, 5.41) is 9.60. The van der Waals surface area contributed by atoms with Gasteiger partial charge in [-0.3, -0.25) is 0 Å². The smallest absolute Gasteiger partial charge is 0.181 e. The van der Waals surface area contributed by atoms with E-state index in [0.717, 1.165) is 3.57 Å². The number of phenolic OH excluding ortho intramolecular Hbond substituents is 1. The zero-order valence-electron chi connectivity index (χ0n) is 7.29. The third-order valence-electron chi connectivity index (χ3n) is 1.71. The van der Waals surface area contributed by atoms with Crippen LogP contribution in [-0.2, 0) is 9.84 Å². The van der Waals surface area contributed by atoms with Crippen molar-refractivity contribution in [1.82, 2.24) is 0 Å². The maximum absolute atomic E-state index is 11.6. The molecule has 3 nitrogen and oxygen atoms in total. The summed E-state index contributed by atoms with van der Waals surface area (Å²) in [4.78, 5) is 0.0244. The average molecular weight is 438 g/mol. The maximum Gasteiger partial charge on any atom is 0.181 e. The van der Waals surface area contributed by atoms with Gasteiger partial charge in [0.2, 0.25) is 0 Å². The van der Waals surface area contributed by atoms with Crippen molar-refractivity contribution in [3.05, 3.63) is 19.3 Å². The van der Waals surface area contributed by atoms with Gasteiger partial charge in [0.15, 0.2) is 9.84 Å². The van der Waals surface area contributed by atoms with Crippen LogP contribution in [0.15, 0.2) is 17.0 Å². The van der Waals surface area contributed by atoms with Gasteiger partial charge in [0.1, 0.15) is 10.6 Å². The van der Waals surface area contributed by atoms with Crippen LogP contribution in [0.1, 0.15) is 6.92 Å². The molecule has 0 atom stereocenters. The molecule has 0 saturated heterocycles. The Morgan fingerprint density at radius 1 is 1.36 bits per heavy atom. The van der Waals surface area contributed by atoms with Gasteiger partial charge in [0.05, 0.1) is 9.32 Å². The summed E-state index contributed by atoms with van der Waals surface area (Å²) in [5.41, 5.74) is 0. The molecule has 0 spiro atoms. The number of hydrogen-bond donors (Lipinski definition) is 1. The highest BCUT2D eigenvalue weighted by atomic mass is 127. The predicted molar refractivity (Wildman–Crippen MR) is 71.3 cm³/mol. The molecule has 78 valence electrons. The zero-order chi connectivity index (χ0) is 10.9. The second-order valence-electron chi connectivity index (χ2n) is 2.64. The van der Waals surface area contributed by atoms with Crippen LogP contribution in [0, 0.1) is 7.14 Å². The van der Waals surface area contributed by atoms with Crippen molar-refractivity contribution in [2.24, 2.45) is 0 Å². The van der Waals surface area contributed by atoms with Crippen molar-refractivity contribution >= 4 is 55.0 Å². The topological polar surface area (TPSA) is 54.4 Å². The van der Waals surface area contributed by atoms with Crippen molar-refractivity contribution in [2.75, 3.05) is 5.75 Å². The second-order valence-corrected chi connectivity index (χ2v) is 7.29. The molecule has 1 aromatic rings. The van der Waals surface area contributed by atoms with Crippen molar-refractivity contribution in [3.8, 4) is 5.75 Å². The largest absolute Gasteiger partial charge is 0.505 e. The number of phenols is 1. The SMILES string of the molecule is CCS(=O)(=O)c1cc(I)cc(I)c1O. The van der Waals surface area contributed by atoms with E-state index in [2.05, 4.69) is 0 Å². The van der Waals surface area contributed by atoms with Crippen molar-refractivity contribution in [2.45, 2.75) is 11.8 Å². The second kappa shape index (κ2) is 4.52. The molecule has 0 radical (unpaired) electrons. The average Bonchev–Trinajstić information content (AvgIpc) is 2.11. The number of hydrogen-bond acceptors (Lipinski definition) is 3. The lowest BCUT2D eigenvalue weighted by Gasteiger charge is -2.06. The molecule has 0 aliphatic rings. The monoisotopic (exact) mass is 438 g/mol. The van der Waals surface area contributed by atoms with E-state index >= 15 is 0 Å². The van der Waals surface area contributed by atoms with Gasteiger partial charge in [-0.2, -0.15) is 0 Å². The summed E-state index contributed by atoms with van der Waals surface area (Å²) >= 11 is 3.94. The Hall–Kier alpha value is 0.430. The Kier molecular flexibility index (Phi) is 4.03. The molecule has 0 aliphatic carbocycles. The van der Waals surface area contributed by atoms with E-state index < -0.39 is 9.84 Å². The van der Waals surface area contributed by atoms with Crippen molar-refractivity contribution in [1.29, 1.82) is 0 Å². The van der Waals surface area contributed by atoms with E-state index in [0.29, 0.717) is 3.57 Å². The molecule has 0 heterocycles. The first-order valence-electron chi connectivity index (χ1n) is 3.79. The Morgan fingerprint density at radius 2 is 1.93 bits per heavy atom. The minimum atomic E-state index is -3.33. The Labute approximate surface area is 110 Å². The van der Waals surface area contributed by atoms with Gasteiger partial charge < -0.3 is 5.11 Å². The summed E-state index contributed by atoms with van der Waals surface area (Å²) in [6.45, 7) is 1.56. The molecule has 0 bridgehead atoms. The summed E-state index contributed by atoms with van der Waals surface area (Å²) in [6, 6.07) is 3.21. The summed E-state index contributed by atoms with van der Waals surface area (Å²) in [6.07, 6.45) is 0. The predicted octanol–water partition coefficient (Wildman–Crippen LogP) is 2.40. The molecule has 0 unspecified atom stereocenters. The fourth-order valence-electron chi connectivity index (χ4n) is 0.935. The molecule has 1 aromatic carbocycles. The van der Waals surface area contributed by atoms with Crippen LogP contribution >= 0.6 is 45.2 Å². The Balaban J connectivity index is 3.50. The molecular formula is C8H8I2O3S. The fourth-order valence-corrected chi connectivity index (χ4v) is 4.20. The fraction of sp³-hybridized carbons (Fsp3) is 0.250. The highest BCUT2D eigenvalue weighted by molar-refractivity contribution is 14.1. The van der Waals surface area contributed by atoms with Gasteiger partial charge in [-0.05, 0) is 57.3 Å². The number of aromatic hydroxyl groups is 1. The standard InChI is InChI=1S/C8H8I2O3S/c1-2-14(12,13)7-4-5(9)3-6(10)8(7)11/h3-4,11H,2H2,1H3. The molecule has 0 aliphatic heterocycles.